The lowest BCUT2D eigenvalue weighted by atomic mass is 10.0. The van der Waals surface area contributed by atoms with Gasteiger partial charge in [0.05, 0.1) is 0 Å². The molecule has 0 bridgehead atoms. The average Bonchev–Trinajstić information content (AvgIpc) is 2.27. The fourth-order valence-electron chi connectivity index (χ4n) is 1.85. The van der Waals surface area contributed by atoms with Gasteiger partial charge in [-0.1, -0.05) is 45.9 Å². The van der Waals surface area contributed by atoms with E-state index in [4.69, 9.17) is 4.74 Å². The number of benzene rings is 1. The normalized spacial score (nSPS) is 12.8. The van der Waals surface area contributed by atoms with Crippen LogP contribution in [0, 0.1) is 5.92 Å². The number of carbonyl (C=O) groups is 1. The third-order valence-electron chi connectivity index (χ3n) is 2.77. The summed E-state index contributed by atoms with van der Waals surface area (Å²) in [6.07, 6.45) is -0.258. The Morgan fingerprint density at radius 1 is 1.22 bits per heavy atom. The SMILES string of the molecule is CC(C)C[C@@H](Oc1ccccc1C(C)C)C(=O)O. The molecule has 3 nitrogen and oxygen atoms in total. The maximum Gasteiger partial charge on any atom is 0.344 e. The van der Waals surface area contributed by atoms with Crippen molar-refractivity contribution in [3.05, 3.63) is 29.8 Å². The summed E-state index contributed by atoms with van der Waals surface area (Å²) in [5.74, 6) is 0.384. The summed E-state index contributed by atoms with van der Waals surface area (Å²) in [5.41, 5.74) is 1.05. The number of para-hydroxylation sites is 1. The standard InChI is InChI=1S/C15H22O3/c1-10(2)9-14(15(16)17)18-13-8-6-5-7-12(13)11(3)4/h5-8,10-11,14H,9H2,1-4H3,(H,16,17)/t14-/m1/s1. The quantitative estimate of drug-likeness (QED) is 0.837. The van der Waals surface area contributed by atoms with Gasteiger partial charge < -0.3 is 9.84 Å². The van der Waals surface area contributed by atoms with Gasteiger partial charge in [0.2, 0.25) is 0 Å². The van der Waals surface area contributed by atoms with Gasteiger partial charge in [-0.15, -0.1) is 0 Å². The van der Waals surface area contributed by atoms with Crippen molar-refractivity contribution in [2.75, 3.05) is 0 Å². The Morgan fingerprint density at radius 3 is 2.33 bits per heavy atom. The molecule has 3 heteroatoms. The van der Waals surface area contributed by atoms with Gasteiger partial charge in [-0.25, -0.2) is 4.79 Å². The number of carboxylic acids is 1. The largest absolute Gasteiger partial charge is 0.479 e. The van der Waals surface area contributed by atoms with E-state index in [1.807, 2.05) is 38.1 Å². The van der Waals surface area contributed by atoms with Crippen LogP contribution in [0.15, 0.2) is 24.3 Å². The van der Waals surface area contributed by atoms with Crippen molar-refractivity contribution < 1.29 is 14.6 Å². The summed E-state index contributed by atoms with van der Waals surface area (Å²) in [5, 5.41) is 9.19. The molecular weight excluding hydrogens is 228 g/mol. The minimum absolute atomic E-state index is 0.289. The van der Waals surface area contributed by atoms with Crippen molar-refractivity contribution in [2.45, 2.75) is 46.1 Å². The van der Waals surface area contributed by atoms with Gasteiger partial charge in [-0.2, -0.15) is 0 Å². The number of ether oxygens (including phenoxy) is 1. The highest BCUT2D eigenvalue weighted by atomic mass is 16.5. The van der Waals surface area contributed by atoms with Crippen molar-refractivity contribution in [2.24, 2.45) is 5.92 Å². The molecule has 0 aliphatic carbocycles. The van der Waals surface area contributed by atoms with Crippen molar-refractivity contribution >= 4 is 5.97 Å². The second-order valence-electron chi connectivity index (χ2n) is 5.27. The zero-order chi connectivity index (χ0) is 13.7. The van der Waals surface area contributed by atoms with Crippen LogP contribution in [0.1, 0.15) is 45.6 Å². The van der Waals surface area contributed by atoms with Crippen LogP contribution in [-0.4, -0.2) is 17.2 Å². The minimum atomic E-state index is -0.901. The van der Waals surface area contributed by atoms with E-state index in [0.717, 1.165) is 5.56 Å². The molecule has 0 heterocycles. The molecule has 0 aromatic heterocycles. The van der Waals surface area contributed by atoms with E-state index in [-0.39, 0.29) is 5.92 Å². The van der Waals surface area contributed by atoms with E-state index >= 15 is 0 Å². The lowest BCUT2D eigenvalue weighted by molar-refractivity contribution is -0.145. The Balaban J connectivity index is 2.90. The molecule has 1 atom stereocenters. The first kappa shape index (κ1) is 14.6. The second-order valence-corrected chi connectivity index (χ2v) is 5.27. The third kappa shape index (κ3) is 4.06. The van der Waals surface area contributed by atoms with Gasteiger partial charge in [0.15, 0.2) is 6.10 Å². The summed E-state index contributed by atoms with van der Waals surface area (Å²) < 4.78 is 5.68. The maximum absolute atomic E-state index is 11.2. The molecule has 0 aliphatic heterocycles. The number of hydrogen-bond acceptors (Lipinski definition) is 2. The van der Waals surface area contributed by atoms with E-state index in [0.29, 0.717) is 18.1 Å². The number of carboxylic acid groups (broad SMARTS) is 1. The minimum Gasteiger partial charge on any atom is -0.479 e. The molecule has 0 saturated carbocycles. The monoisotopic (exact) mass is 250 g/mol. The number of hydrogen-bond donors (Lipinski definition) is 1. The van der Waals surface area contributed by atoms with Crippen molar-refractivity contribution in [1.82, 2.24) is 0 Å². The van der Waals surface area contributed by atoms with Gasteiger partial charge in [0.25, 0.3) is 0 Å². The third-order valence-corrected chi connectivity index (χ3v) is 2.77. The highest BCUT2D eigenvalue weighted by Crippen LogP contribution is 2.27. The maximum atomic E-state index is 11.2. The molecule has 1 N–H and O–H groups in total. The molecule has 100 valence electrons. The molecule has 1 aromatic rings. The molecule has 0 radical (unpaired) electrons. The molecule has 18 heavy (non-hydrogen) atoms. The molecule has 1 aromatic carbocycles. The van der Waals surface area contributed by atoms with Crippen LogP contribution < -0.4 is 4.74 Å². The number of rotatable bonds is 6. The smallest absolute Gasteiger partial charge is 0.344 e. The van der Waals surface area contributed by atoms with Crippen molar-refractivity contribution in [3.8, 4) is 5.75 Å². The van der Waals surface area contributed by atoms with Crippen molar-refractivity contribution in [1.29, 1.82) is 0 Å². The molecule has 0 saturated heterocycles. The Hall–Kier alpha value is -1.51. The van der Waals surface area contributed by atoms with Crippen LogP contribution in [0.25, 0.3) is 0 Å². The predicted molar refractivity (Wildman–Crippen MR) is 72.0 cm³/mol. The number of aliphatic carboxylic acids is 1. The Morgan fingerprint density at radius 2 is 1.83 bits per heavy atom. The fourth-order valence-corrected chi connectivity index (χ4v) is 1.85. The topological polar surface area (TPSA) is 46.5 Å². The summed E-state index contributed by atoms with van der Waals surface area (Å²) in [7, 11) is 0. The highest BCUT2D eigenvalue weighted by molar-refractivity contribution is 5.72. The summed E-state index contributed by atoms with van der Waals surface area (Å²) in [4.78, 5) is 11.2. The molecule has 0 fully saturated rings. The average molecular weight is 250 g/mol. The van der Waals surface area contributed by atoms with Gasteiger partial charge in [0.1, 0.15) is 5.75 Å². The fraction of sp³-hybridized carbons (Fsp3) is 0.533. The lowest BCUT2D eigenvalue weighted by Crippen LogP contribution is -2.29. The van der Waals surface area contributed by atoms with Gasteiger partial charge in [0, 0.05) is 0 Å². The Bertz CT molecular complexity index is 396. The first-order valence-electron chi connectivity index (χ1n) is 6.40. The van der Waals surface area contributed by atoms with Gasteiger partial charge in [-0.05, 0) is 29.9 Å². The highest BCUT2D eigenvalue weighted by Gasteiger charge is 2.22. The van der Waals surface area contributed by atoms with Crippen molar-refractivity contribution in [3.63, 3.8) is 0 Å². The van der Waals surface area contributed by atoms with Crippen LogP contribution in [0.4, 0.5) is 0 Å². The van der Waals surface area contributed by atoms with E-state index in [1.165, 1.54) is 0 Å². The first-order valence-corrected chi connectivity index (χ1v) is 6.40. The van der Waals surface area contributed by atoms with Crippen LogP contribution in [0.2, 0.25) is 0 Å². The van der Waals surface area contributed by atoms with Crippen LogP contribution in [0.5, 0.6) is 5.75 Å². The predicted octanol–water partition coefficient (Wildman–Crippen LogP) is 3.69. The van der Waals surface area contributed by atoms with Gasteiger partial charge >= 0.3 is 5.97 Å². The Labute approximate surface area is 109 Å². The van der Waals surface area contributed by atoms with Gasteiger partial charge in [-0.3, -0.25) is 0 Å². The van der Waals surface area contributed by atoms with Crippen LogP contribution in [-0.2, 0) is 4.79 Å². The molecule has 0 spiro atoms. The Kier molecular flexibility index (Phi) is 5.20. The van der Waals surface area contributed by atoms with Crippen LogP contribution >= 0.6 is 0 Å². The van der Waals surface area contributed by atoms with Crippen LogP contribution in [0.3, 0.4) is 0 Å². The molecule has 0 unspecified atom stereocenters. The second kappa shape index (κ2) is 6.43. The van der Waals surface area contributed by atoms with E-state index in [1.54, 1.807) is 0 Å². The lowest BCUT2D eigenvalue weighted by Gasteiger charge is -2.20. The first-order chi connectivity index (χ1) is 8.41. The molecule has 1 rings (SSSR count). The molecular formula is C15H22O3. The molecule has 0 amide bonds. The summed E-state index contributed by atoms with van der Waals surface area (Å²) >= 11 is 0. The zero-order valence-electron chi connectivity index (χ0n) is 11.5. The summed E-state index contributed by atoms with van der Waals surface area (Å²) in [6.45, 7) is 8.13. The van der Waals surface area contributed by atoms with E-state index < -0.39 is 12.1 Å². The van der Waals surface area contributed by atoms with E-state index in [9.17, 15) is 9.90 Å². The zero-order valence-corrected chi connectivity index (χ0v) is 11.5. The van der Waals surface area contributed by atoms with E-state index in [2.05, 4.69) is 13.8 Å². The molecule has 0 aliphatic rings. The summed E-state index contributed by atoms with van der Waals surface area (Å²) in [6, 6.07) is 7.63.